The van der Waals surface area contributed by atoms with Crippen molar-refractivity contribution in [2.24, 2.45) is 5.92 Å². The number of nitrogens with one attached hydrogen (secondary N) is 1. The van der Waals surface area contributed by atoms with Crippen LogP contribution in [0, 0.1) is 12.8 Å². The van der Waals surface area contributed by atoms with Crippen molar-refractivity contribution in [3.05, 3.63) is 29.3 Å². The zero-order valence-electron chi connectivity index (χ0n) is 13.2. The largest absolute Gasteiger partial charge is 0.313 e. The fraction of sp³-hybridized carbons (Fsp3) is 0.625. The van der Waals surface area contributed by atoms with E-state index in [4.69, 9.17) is 0 Å². The van der Waals surface area contributed by atoms with Gasteiger partial charge in [-0.05, 0) is 49.4 Å². The molecular formula is C16H26N2O2S. The number of hydrogen-bond donors (Lipinski definition) is 1. The summed E-state index contributed by atoms with van der Waals surface area (Å²) in [5.41, 5.74) is 1.93. The van der Waals surface area contributed by atoms with E-state index in [0.717, 1.165) is 30.5 Å². The van der Waals surface area contributed by atoms with Gasteiger partial charge in [0.2, 0.25) is 10.0 Å². The minimum absolute atomic E-state index is 0.465. The maximum atomic E-state index is 12.8. The van der Waals surface area contributed by atoms with Crippen molar-refractivity contribution in [1.82, 2.24) is 9.62 Å². The molecule has 0 saturated carbocycles. The van der Waals surface area contributed by atoms with Crippen molar-refractivity contribution in [3.63, 3.8) is 0 Å². The van der Waals surface area contributed by atoms with Crippen LogP contribution in [0.2, 0.25) is 0 Å². The van der Waals surface area contributed by atoms with Crippen LogP contribution < -0.4 is 5.32 Å². The Labute approximate surface area is 128 Å². The fourth-order valence-electron chi connectivity index (χ4n) is 2.75. The van der Waals surface area contributed by atoms with Gasteiger partial charge in [0, 0.05) is 19.6 Å². The molecule has 0 unspecified atom stereocenters. The Kier molecular flexibility index (Phi) is 5.41. The van der Waals surface area contributed by atoms with Crippen molar-refractivity contribution in [1.29, 1.82) is 0 Å². The first kappa shape index (κ1) is 16.5. The summed E-state index contributed by atoms with van der Waals surface area (Å²) >= 11 is 0. The van der Waals surface area contributed by atoms with E-state index in [9.17, 15) is 8.42 Å². The smallest absolute Gasteiger partial charge is 0.243 e. The summed E-state index contributed by atoms with van der Waals surface area (Å²) in [6.45, 7) is 9.01. The number of nitrogens with zero attached hydrogens (tertiary/aromatic N) is 1. The average Bonchev–Trinajstić information content (AvgIpc) is 2.46. The molecule has 0 atom stereocenters. The minimum Gasteiger partial charge on any atom is -0.313 e. The molecule has 21 heavy (non-hydrogen) atoms. The Morgan fingerprint density at radius 1 is 1.29 bits per heavy atom. The lowest BCUT2D eigenvalue weighted by atomic mass is 10.0. The summed E-state index contributed by atoms with van der Waals surface area (Å²) in [6.07, 6.45) is 1.91. The van der Waals surface area contributed by atoms with Gasteiger partial charge in [-0.3, -0.25) is 0 Å². The third-order valence-electron chi connectivity index (χ3n) is 4.32. The molecule has 1 aromatic carbocycles. The Bertz CT molecular complexity index is 576. The minimum atomic E-state index is -3.36. The van der Waals surface area contributed by atoms with E-state index in [1.165, 1.54) is 0 Å². The Morgan fingerprint density at radius 2 is 1.95 bits per heavy atom. The van der Waals surface area contributed by atoms with Crippen LogP contribution >= 0.6 is 0 Å². The Hall–Kier alpha value is -0.910. The van der Waals surface area contributed by atoms with Crippen molar-refractivity contribution < 1.29 is 8.42 Å². The summed E-state index contributed by atoms with van der Waals surface area (Å²) in [6, 6.07) is 5.58. The van der Waals surface area contributed by atoms with Crippen molar-refractivity contribution in [3.8, 4) is 0 Å². The van der Waals surface area contributed by atoms with Gasteiger partial charge in [-0.15, -0.1) is 0 Å². The summed E-state index contributed by atoms with van der Waals surface area (Å²) in [5, 5.41) is 3.26. The molecule has 0 amide bonds. The molecule has 1 aromatic rings. The quantitative estimate of drug-likeness (QED) is 0.909. The molecule has 0 radical (unpaired) electrons. The van der Waals surface area contributed by atoms with Gasteiger partial charge in [0.15, 0.2) is 0 Å². The molecule has 1 fully saturated rings. The molecule has 4 nitrogen and oxygen atoms in total. The molecule has 1 saturated heterocycles. The van der Waals surface area contributed by atoms with Crippen LogP contribution in [0.15, 0.2) is 23.1 Å². The van der Waals surface area contributed by atoms with Gasteiger partial charge in [0.25, 0.3) is 0 Å². The molecule has 118 valence electrons. The van der Waals surface area contributed by atoms with Crippen LogP contribution in [0.3, 0.4) is 0 Å². The molecule has 2 rings (SSSR count). The summed E-state index contributed by atoms with van der Waals surface area (Å²) in [4.78, 5) is 0.465. The van der Waals surface area contributed by atoms with Crippen molar-refractivity contribution in [2.45, 2.75) is 45.1 Å². The zero-order valence-corrected chi connectivity index (χ0v) is 14.0. The predicted molar refractivity (Wildman–Crippen MR) is 85.7 cm³/mol. The second-order valence-corrected chi connectivity index (χ2v) is 7.81. The second-order valence-electron chi connectivity index (χ2n) is 5.91. The molecule has 5 heteroatoms. The molecule has 1 heterocycles. The monoisotopic (exact) mass is 310 g/mol. The fourth-order valence-corrected chi connectivity index (χ4v) is 4.49. The summed E-state index contributed by atoms with van der Waals surface area (Å²) in [5.74, 6) is 0.623. The maximum Gasteiger partial charge on any atom is 0.243 e. The first-order valence-electron chi connectivity index (χ1n) is 7.76. The Balaban J connectivity index is 2.27. The van der Waals surface area contributed by atoms with Crippen LogP contribution in [0.1, 0.15) is 37.8 Å². The van der Waals surface area contributed by atoms with Gasteiger partial charge in [-0.25, -0.2) is 8.42 Å². The van der Waals surface area contributed by atoms with Crippen LogP contribution in [0.4, 0.5) is 0 Å². The summed E-state index contributed by atoms with van der Waals surface area (Å²) in [7, 11) is -3.36. The molecule has 1 aliphatic heterocycles. The van der Waals surface area contributed by atoms with E-state index in [1.54, 1.807) is 10.4 Å². The molecule has 1 aliphatic rings. The maximum absolute atomic E-state index is 12.8. The Morgan fingerprint density at radius 3 is 2.57 bits per heavy atom. The lowest BCUT2D eigenvalue weighted by Gasteiger charge is -2.30. The van der Waals surface area contributed by atoms with Crippen molar-refractivity contribution >= 4 is 10.0 Å². The normalized spacial score (nSPS) is 18.0. The summed E-state index contributed by atoms with van der Waals surface area (Å²) < 4.78 is 27.3. The SMILES string of the molecule is CCNCc1cccc(S(=O)(=O)N2CCC(C)CC2)c1C. The molecule has 0 bridgehead atoms. The third-order valence-corrected chi connectivity index (χ3v) is 6.37. The van der Waals surface area contributed by atoms with Gasteiger partial charge in [0.05, 0.1) is 4.90 Å². The van der Waals surface area contributed by atoms with E-state index >= 15 is 0 Å². The second kappa shape index (κ2) is 6.90. The van der Waals surface area contributed by atoms with Gasteiger partial charge >= 0.3 is 0 Å². The van der Waals surface area contributed by atoms with E-state index < -0.39 is 10.0 Å². The lowest BCUT2D eigenvalue weighted by molar-refractivity contribution is 0.288. The van der Waals surface area contributed by atoms with Gasteiger partial charge in [0.1, 0.15) is 0 Å². The van der Waals surface area contributed by atoms with E-state index in [0.29, 0.717) is 30.4 Å². The molecule has 1 N–H and O–H groups in total. The highest BCUT2D eigenvalue weighted by Crippen LogP contribution is 2.26. The average molecular weight is 310 g/mol. The van der Waals surface area contributed by atoms with E-state index in [2.05, 4.69) is 12.2 Å². The van der Waals surface area contributed by atoms with E-state index in [-0.39, 0.29) is 0 Å². The predicted octanol–water partition coefficient (Wildman–Crippen LogP) is 2.53. The number of sulfonamides is 1. The highest BCUT2D eigenvalue weighted by molar-refractivity contribution is 7.89. The van der Waals surface area contributed by atoms with Crippen LogP contribution in [0.25, 0.3) is 0 Å². The molecule has 0 aromatic heterocycles. The molecule has 0 aliphatic carbocycles. The van der Waals surface area contributed by atoms with Gasteiger partial charge < -0.3 is 5.32 Å². The van der Waals surface area contributed by atoms with Crippen LogP contribution in [-0.2, 0) is 16.6 Å². The highest BCUT2D eigenvalue weighted by atomic mass is 32.2. The highest BCUT2D eigenvalue weighted by Gasteiger charge is 2.29. The number of benzene rings is 1. The lowest BCUT2D eigenvalue weighted by Crippen LogP contribution is -2.38. The zero-order chi connectivity index (χ0) is 15.5. The van der Waals surface area contributed by atoms with Crippen LogP contribution in [-0.4, -0.2) is 32.4 Å². The van der Waals surface area contributed by atoms with E-state index in [1.807, 2.05) is 26.0 Å². The van der Waals surface area contributed by atoms with Crippen molar-refractivity contribution in [2.75, 3.05) is 19.6 Å². The molecular weight excluding hydrogens is 284 g/mol. The first-order chi connectivity index (χ1) is 9.96. The number of piperidine rings is 1. The standard InChI is InChI=1S/C16H26N2O2S/c1-4-17-12-15-6-5-7-16(14(15)3)21(19,20)18-10-8-13(2)9-11-18/h5-7,13,17H,4,8-12H2,1-3H3. The van der Waals surface area contributed by atoms with Gasteiger partial charge in [-0.1, -0.05) is 26.0 Å². The molecule has 0 spiro atoms. The van der Waals surface area contributed by atoms with Gasteiger partial charge in [-0.2, -0.15) is 4.31 Å². The topological polar surface area (TPSA) is 49.4 Å². The third kappa shape index (κ3) is 3.65. The number of rotatable bonds is 5. The van der Waals surface area contributed by atoms with Crippen LogP contribution in [0.5, 0.6) is 0 Å². The number of hydrogen-bond acceptors (Lipinski definition) is 3. The first-order valence-corrected chi connectivity index (χ1v) is 9.20.